The highest BCUT2D eigenvalue weighted by Gasteiger charge is 2.23. The van der Waals surface area contributed by atoms with Crippen molar-refractivity contribution in [2.45, 2.75) is 39.0 Å². The van der Waals surface area contributed by atoms with E-state index < -0.39 is 12.1 Å². The van der Waals surface area contributed by atoms with Crippen LogP contribution in [0.15, 0.2) is 12.1 Å². The van der Waals surface area contributed by atoms with E-state index in [1.54, 1.807) is 19.9 Å². The molecule has 0 aliphatic carbocycles. The molecule has 0 N–H and O–H groups in total. The summed E-state index contributed by atoms with van der Waals surface area (Å²) < 4.78 is 26.1. The number of aromatic nitrogens is 1. The summed E-state index contributed by atoms with van der Waals surface area (Å²) in [5.74, 6) is -0.302. The number of alkyl halides is 1. The van der Waals surface area contributed by atoms with Crippen molar-refractivity contribution < 1.29 is 8.78 Å². The van der Waals surface area contributed by atoms with Crippen LogP contribution < -0.4 is 0 Å². The van der Waals surface area contributed by atoms with Crippen molar-refractivity contribution in [1.29, 1.82) is 0 Å². The Morgan fingerprint density at radius 2 is 1.93 bits per heavy atom. The highest BCUT2D eigenvalue weighted by molar-refractivity contribution is 5.21. The van der Waals surface area contributed by atoms with Crippen molar-refractivity contribution in [1.82, 2.24) is 4.98 Å². The van der Waals surface area contributed by atoms with E-state index in [9.17, 15) is 8.78 Å². The predicted octanol–water partition coefficient (Wildman–Crippen LogP) is 3.59. The Bertz CT molecular complexity index is 345. The van der Waals surface area contributed by atoms with Crippen LogP contribution in [0.3, 0.4) is 0 Å². The first kappa shape index (κ1) is 12.1. The number of rotatable bonds is 3. The van der Waals surface area contributed by atoms with Gasteiger partial charge < -0.3 is 0 Å². The predicted molar refractivity (Wildman–Crippen MR) is 57.3 cm³/mol. The fourth-order valence-electron chi connectivity index (χ4n) is 1.31. The fourth-order valence-corrected chi connectivity index (χ4v) is 1.31. The quantitative estimate of drug-likeness (QED) is 0.747. The van der Waals surface area contributed by atoms with Gasteiger partial charge in [-0.2, -0.15) is 0 Å². The number of halogens is 2. The van der Waals surface area contributed by atoms with Gasteiger partial charge in [0.2, 0.25) is 0 Å². The highest BCUT2D eigenvalue weighted by Crippen LogP contribution is 2.25. The minimum atomic E-state index is -0.642. The highest BCUT2D eigenvalue weighted by atomic mass is 19.1. The molecule has 0 bridgehead atoms. The van der Waals surface area contributed by atoms with Gasteiger partial charge in [-0.25, -0.2) is 4.39 Å². The van der Waals surface area contributed by atoms with Gasteiger partial charge in [0.05, 0.1) is 5.69 Å². The molecular formula is C12H17F2N. The van der Waals surface area contributed by atoms with E-state index in [-0.39, 0.29) is 11.7 Å². The Hall–Kier alpha value is -0.990. The maximum atomic E-state index is 13.4. The van der Waals surface area contributed by atoms with Gasteiger partial charge in [0.15, 0.2) is 0 Å². The third-order valence-corrected chi connectivity index (χ3v) is 2.45. The summed E-state index contributed by atoms with van der Waals surface area (Å²) >= 11 is 0. The van der Waals surface area contributed by atoms with Crippen molar-refractivity contribution in [2.24, 2.45) is 0 Å². The van der Waals surface area contributed by atoms with Gasteiger partial charge in [0, 0.05) is 11.1 Å². The van der Waals surface area contributed by atoms with Crippen LogP contribution >= 0.6 is 0 Å². The Morgan fingerprint density at radius 3 is 2.40 bits per heavy atom. The minimum Gasteiger partial charge on any atom is -0.254 e. The van der Waals surface area contributed by atoms with Gasteiger partial charge in [-0.15, -0.1) is 0 Å². The average molecular weight is 213 g/mol. The van der Waals surface area contributed by atoms with Crippen molar-refractivity contribution in [3.8, 4) is 0 Å². The summed E-state index contributed by atoms with van der Waals surface area (Å²) in [6.07, 6.45) is 0. The minimum absolute atomic E-state index is 0.0142. The van der Waals surface area contributed by atoms with E-state index in [1.165, 1.54) is 6.07 Å². The molecule has 0 aliphatic rings. The topological polar surface area (TPSA) is 12.9 Å². The van der Waals surface area contributed by atoms with Crippen LogP contribution in [-0.4, -0.2) is 11.7 Å². The third kappa shape index (κ3) is 2.52. The molecule has 0 amide bonds. The second-order valence-corrected chi connectivity index (χ2v) is 4.74. The average Bonchev–Trinajstić information content (AvgIpc) is 2.17. The van der Waals surface area contributed by atoms with Gasteiger partial charge in [0.1, 0.15) is 12.5 Å². The standard InChI is InChI=1S/C12H17F2N/c1-8(2)11-9(14)5-6-10(15-11)12(3,4)7-13/h5-6,8H,7H2,1-4H3. The van der Waals surface area contributed by atoms with E-state index in [2.05, 4.69) is 4.98 Å². The van der Waals surface area contributed by atoms with Crippen LogP contribution in [0.4, 0.5) is 8.78 Å². The molecular weight excluding hydrogens is 196 g/mol. The normalized spacial score (nSPS) is 12.2. The molecule has 0 atom stereocenters. The fraction of sp³-hybridized carbons (Fsp3) is 0.583. The van der Waals surface area contributed by atoms with E-state index >= 15 is 0 Å². The molecule has 0 saturated carbocycles. The molecule has 0 fully saturated rings. The zero-order valence-electron chi connectivity index (χ0n) is 9.64. The summed E-state index contributed by atoms with van der Waals surface area (Å²) in [6, 6.07) is 2.93. The molecule has 1 rings (SSSR count). The molecule has 0 spiro atoms. The van der Waals surface area contributed by atoms with Gasteiger partial charge in [-0.05, 0) is 18.1 Å². The Kier molecular flexibility index (Phi) is 3.42. The van der Waals surface area contributed by atoms with Gasteiger partial charge in [-0.3, -0.25) is 9.37 Å². The number of hydrogen-bond donors (Lipinski definition) is 0. The second kappa shape index (κ2) is 4.25. The summed E-state index contributed by atoms with van der Waals surface area (Å²) in [5, 5.41) is 0. The van der Waals surface area contributed by atoms with Crippen molar-refractivity contribution in [2.75, 3.05) is 6.67 Å². The van der Waals surface area contributed by atoms with Crippen LogP contribution in [0.25, 0.3) is 0 Å². The maximum absolute atomic E-state index is 13.4. The second-order valence-electron chi connectivity index (χ2n) is 4.74. The monoisotopic (exact) mass is 213 g/mol. The lowest BCUT2D eigenvalue weighted by Crippen LogP contribution is -2.22. The molecule has 1 heterocycles. The van der Waals surface area contributed by atoms with E-state index in [0.717, 1.165) is 0 Å². The van der Waals surface area contributed by atoms with E-state index in [4.69, 9.17) is 0 Å². The van der Waals surface area contributed by atoms with E-state index in [1.807, 2.05) is 13.8 Å². The molecule has 0 radical (unpaired) electrons. The molecule has 1 aromatic rings. The maximum Gasteiger partial charge on any atom is 0.144 e. The van der Waals surface area contributed by atoms with Crippen LogP contribution in [0.2, 0.25) is 0 Å². The number of pyridine rings is 1. The van der Waals surface area contributed by atoms with Gasteiger partial charge >= 0.3 is 0 Å². The van der Waals surface area contributed by atoms with Crippen molar-refractivity contribution in [3.05, 3.63) is 29.3 Å². The summed E-state index contributed by atoms with van der Waals surface area (Å²) in [5.41, 5.74) is 0.376. The summed E-state index contributed by atoms with van der Waals surface area (Å²) in [6.45, 7) is 6.77. The van der Waals surface area contributed by atoms with Crippen LogP contribution in [-0.2, 0) is 5.41 Å². The SMILES string of the molecule is CC(C)c1nc(C(C)(C)CF)ccc1F. The lowest BCUT2D eigenvalue weighted by molar-refractivity contribution is 0.342. The van der Waals surface area contributed by atoms with E-state index in [0.29, 0.717) is 11.4 Å². The number of nitrogens with zero attached hydrogens (tertiary/aromatic N) is 1. The zero-order valence-corrected chi connectivity index (χ0v) is 9.64. The first-order valence-electron chi connectivity index (χ1n) is 5.11. The third-order valence-electron chi connectivity index (χ3n) is 2.45. The van der Waals surface area contributed by atoms with Crippen LogP contribution in [0.1, 0.15) is 45.0 Å². The molecule has 1 aromatic heterocycles. The summed E-state index contributed by atoms with van der Waals surface area (Å²) in [7, 11) is 0. The molecule has 1 nitrogen and oxygen atoms in total. The first-order chi connectivity index (χ1) is 6.88. The molecule has 15 heavy (non-hydrogen) atoms. The molecule has 0 aromatic carbocycles. The molecule has 0 saturated heterocycles. The number of hydrogen-bond acceptors (Lipinski definition) is 1. The summed E-state index contributed by atoms with van der Waals surface area (Å²) in [4.78, 5) is 4.20. The van der Waals surface area contributed by atoms with Gasteiger partial charge in [0.25, 0.3) is 0 Å². The Morgan fingerprint density at radius 1 is 1.33 bits per heavy atom. The van der Waals surface area contributed by atoms with Crippen molar-refractivity contribution in [3.63, 3.8) is 0 Å². The largest absolute Gasteiger partial charge is 0.254 e. The molecule has 0 aliphatic heterocycles. The van der Waals surface area contributed by atoms with Crippen LogP contribution in [0.5, 0.6) is 0 Å². The smallest absolute Gasteiger partial charge is 0.144 e. The molecule has 0 unspecified atom stereocenters. The molecule has 3 heteroatoms. The lowest BCUT2D eigenvalue weighted by atomic mass is 9.90. The lowest BCUT2D eigenvalue weighted by Gasteiger charge is -2.21. The van der Waals surface area contributed by atoms with Crippen LogP contribution in [0, 0.1) is 5.82 Å². The molecule has 84 valence electrons. The first-order valence-corrected chi connectivity index (χ1v) is 5.11. The Balaban J connectivity index is 3.19. The zero-order chi connectivity index (χ0) is 11.6. The van der Waals surface area contributed by atoms with Gasteiger partial charge in [-0.1, -0.05) is 27.7 Å². The Labute approximate surface area is 89.5 Å². The van der Waals surface area contributed by atoms with Crippen molar-refractivity contribution >= 4 is 0 Å².